The van der Waals surface area contributed by atoms with E-state index in [9.17, 15) is 4.79 Å². The van der Waals surface area contributed by atoms with Crippen molar-refractivity contribution in [2.75, 3.05) is 12.0 Å². The highest BCUT2D eigenvalue weighted by Gasteiger charge is 2.28. The summed E-state index contributed by atoms with van der Waals surface area (Å²) in [6, 6.07) is 13.9. The van der Waals surface area contributed by atoms with Crippen molar-refractivity contribution in [2.24, 2.45) is 0 Å². The highest BCUT2D eigenvalue weighted by atomic mass is 35.5. The summed E-state index contributed by atoms with van der Waals surface area (Å²) < 4.78 is 5.27. The number of carbonyl (C=O) groups excluding carboxylic acids is 1. The van der Waals surface area contributed by atoms with Crippen LogP contribution in [-0.2, 0) is 17.6 Å². The number of hydrogen-bond donors (Lipinski definition) is 0. The number of hydrogen-bond acceptors (Lipinski definition) is 2. The van der Waals surface area contributed by atoms with E-state index >= 15 is 0 Å². The molecule has 0 aromatic heterocycles. The lowest BCUT2D eigenvalue weighted by Crippen LogP contribution is -2.20. The van der Waals surface area contributed by atoms with Gasteiger partial charge < -0.3 is 4.74 Å². The third-order valence-corrected chi connectivity index (χ3v) is 3.70. The molecule has 1 aliphatic heterocycles. The molecule has 110 valence electrons. The Labute approximate surface area is 130 Å². The molecule has 0 fully saturated rings. The van der Waals surface area contributed by atoms with E-state index in [4.69, 9.17) is 4.74 Å². The first-order valence-electron chi connectivity index (χ1n) is 6.81. The molecule has 0 atom stereocenters. The van der Waals surface area contributed by atoms with Gasteiger partial charge in [0.2, 0.25) is 5.91 Å². The predicted octanol–water partition coefficient (Wildman–Crippen LogP) is 3.90. The molecule has 3 rings (SSSR count). The fourth-order valence-electron chi connectivity index (χ4n) is 2.60. The minimum Gasteiger partial charge on any atom is -0.497 e. The lowest BCUT2D eigenvalue weighted by atomic mass is 10.1. The normalized spacial score (nSPS) is 12.9. The Morgan fingerprint density at radius 3 is 2.71 bits per heavy atom. The van der Waals surface area contributed by atoms with Crippen LogP contribution in [-0.4, -0.2) is 13.0 Å². The quantitative estimate of drug-likeness (QED) is 0.860. The van der Waals surface area contributed by atoms with Gasteiger partial charge in [-0.05, 0) is 35.7 Å². The van der Waals surface area contributed by atoms with Crippen LogP contribution in [0.4, 0.5) is 11.4 Å². The molecule has 2 aromatic rings. The zero-order valence-electron chi connectivity index (χ0n) is 12.1. The van der Waals surface area contributed by atoms with E-state index in [0.717, 1.165) is 29.1 Å². The van der Waals surface area contributed by atoms with Crippen LogP contribution in [0.1, 0.15) is 18.1 Å². The minimum absolute atomic E-state index is 0. The largest absolute Gasteiger partial charge is 0.497 e. The zero-order valence-corrected chi connectivity index (χ0v) is 12.9. The van der Waals surface area contributed by atoms with Gasteiger partial charge in [0.25, 0.3) is 0 Å². The number of rotatable bonds is 3. The Bertz CT molecular complexity index is 670. The van der Waals surface area contributed by atoms with Crippen molar-refractivity contribution in [1.82, 2.24) is 0 Å². The number of ether oxygens (including phenoxy) is 1. The van der Waals surface area contributed by atoms with Crippen molar-refractivity contribution in [1.29, 1.82) is 0 Å². The summed E-state index contributed by atoms with van der Waals surface area (Å²) in [4.78, 5) is 14.1. The summed E-state index contributed by atoms with van der Waals surface area (Å²) in [6.45, 7) is 2.11. The maximum Gasteiger partial charge on any atom is 0.236 e. The summed E-state index contributed by atoms with van der Waals surface area (Å²) in [5, 5.41) is 0. The molecule has 0 radical (unpaired) electrons. The van der Waals surface area contributed by atoms with Gasteiger partial charge in [-0.1, -0.05) is 25.1 Å². The van der Waals surface area contributed by atoms with Crippen molar-refractivity contribution in [2.45, 2.75) is 19.8 Å². The van der Waals surface area contributed by atoms with Crippen LogP contribution in [0.25, 0.3) is 0 Å². The topological polar surface area (TPSA) is 29.5 Å². The molecular weight excluding hydrogens is 286 g/mol. The Balaban J connectivity index is 0.00000161. The van der Waals surface area contributed by atoms with Gasteiger partial charge in [-0.15, -0.1) is 12.4 Å². The number of halogens is 1. The molecule has 0 N–H and O–H groups in total. The fourth-order valence-corrected chi connectivity index (χ4v) is 2.60. The van der Waals surface area contributed by atoms with Crippen LogP contribution in [0.5, 0.6) is 5.75 Å². The molecule has 4 heteroatoms. The summed E-state index contributed by atoms with van der Waals surface area (Å²) >= 11 is 0. The molecule has 0 spiro atoms. The van der Waals surface area contributed by atoms with Crippen molar-refractivity contribution >= 4 is 29.7 Å². The molecule has 3 nitrogen and oxygen atoms in total. The monoisotopic (exact) mass is 303 g/mol. The van der Waals surface area contributed by atoms with Crippen LogP contribution in [0.15, 0.2) is 42.5 Å². The standard InChI is InChI=1S/C17H17NO2.ClH/c1-3-12-5-4-6-14(9-12)18-16-11-15(20-2)8-7-13(16)10-17(18)19;/h4-9,11H,3,10H2,1-2H3;1H. The van der Waals surface area contributed by atoms with Crippen LogP contribution in [0.2, 0.25) is 0 Å². The zero-order chi connectivity index (χ0) is 14.1. The van der Waals surface area contributed by atoms with Gasteiger partial charge in [-0.3, -0.25) is 9.69 Å². The van der Waals surface area contributed by atoms with Gasteiger partial charge in [0.05, 0.1) is 19.2 Å². The van der Waals surface area contributed by atoms with E-state index in [1.165, 1.54) is 5.56 Å². The summed E-state index contributed by atoms with van der Waals surface area (Å²) in [7, 11) is 1.64. The minimum atomic E-state index is 0. The number of methoxy groups -OCH3 is 1. The Morgan fingerprint density at radius 2 is 2.00 bits per heavy atom. The Kier molecular flexibility index (Phi) is 4.53. The maximum atomic E-state index is 12.3. The second-order valence-electron chi connectivity index (χ2n) is 4.92. The number of benzene rings is 2. The lowest BCUT2D eigenvalue weighted by Gasteiger charge is -2.19. The molecule has 1 amide bonds. The highest BCUT2D eigenvalue weighted by molar-refractivity contribution is 6.07. The van der Waals surface area contributed by atoms with E-state index in [-0.39, 0.29) is 18.3 Å². The SMILES string of the molecule is CCc1cccc(N2C(=O)Cc3ccc(OC)cc32)c1.Cl. The van der Waals surface area contributed by atoms with Gasteiger partial charge in [-0.2, -0.15) is 0 Å². The average Bonchev–Trinajstić information content (AvgIpc) is 2.82. The van der Waals surface area contributed by atoms with Crippen molar-refractivity contribution in [3.63, 3.8) is 0 Å². The lowest BCUT2D eigenvalue weighted by molar-refractivity contribution is -0.116. The van der Waals surface area contributed by atoms with E-state index in [1.54, 1.807) is 12.0 Å². The molecule has 2 aromatic carbocycles. The maximum absolute atomic E-state index is 12.3. The van der Waals surface area contributed by atoms with Crippen LogP contribution >= 0.6 is 12.4 Å². The molecule has 0 saturated carbocycles. The molecular formula is C17H18ClNO2. The summed E-state index contributed by atoms with van der Waals surface area (Å²) in [6.07, 6.45) is 1.41. The van der Waals surface area contributed by atoms with Crippen molar-refractivity contribution in [3.05, 3.63) is 53.6 Å². The molecule has 0 aliphatic carbocycles. The smallest absolute Gasteiger partial charge is 0.236 e. The third-order valence-electron chi connectivity index (χ3n) is 3.70. The van der Waals surface area contributed by atoms with E-state index in [0.29, 0.717) is 6.42 Å². The van der Waals surface area contributed by atoms with Crippen LogP contribution < -0.4 is 9.64 Å². The van der Waals surface area contributed by atoms with E-state index < -0.39 is 0 Å². The predicted molar refractivity (Wildman–Crippen MR) is 86.9 cm³/mol. The van der Waals surface area contributed by atoms with Crippen LogP contribution in [0.3, 0.4) is 0 Å². The second kappa shape index (κ2) is 6.19. The highest BCUT2D eigenvalue weighted by Crippen LogP contribution is 2.37. The van der Waals surface area contributed by atoms with Gasteiger partial charge in [0.1, 0.15) is 5.75 Å². The van der Waals surface area contributed by atoms with E-state index in [1.807, 2.05) is 30.3 Å². The summed E-state index contributed by atoms with van der Waals surface area (Å²) in [5.74, 6) is 0.886. The average molecular weight is 304 g/mol. The molecule has 0 unspecified atom stereocenters. The fraction of sp³-hybridized carbons (Fsp3) is 0.235. The molecule has 1 aliphatic rings. The second-order valence-corrected chi connectivity index (χ2v) is 4.92. The number of fused-ring (bicyclic) bond motifs is 1. The third kappa shape index (κ3) is 2.74. The summed E-state index contributed by atoms with van der Waals surface area (Å²) in [5.41, 5.74) is 4.15. The van der Waals surface area contributed by atoms with E-state index in [2.05, 4.69) is 19.1 Å². The van der Waals surface area contributed by atoms with Gasteiger partial charge in [0, 0.05) is 11.8 Å². The number of aryl methyl sites for hydroxylation is 1. The van der Waals surface area contributed by atoms with Crippen LogP contribution in [0, 0.1) is 0 Å². The van der Waals surface area contributed by atoms with Crippen molar-refractivity contribution < 1.29 is 9.53 Å². The first-order chi connectivity index (χ1) is 9.72. The molecule has 0 saturated heterocycles. The van der Waals surface area contributed by atoms with Crippen molar-refractivity contribution in [3.8, 4) is 5.75 Å². The number of carbonyl (C=O) groups is 1. The first kappa shape index (κ1) is 15.4. The number of amides is 1. The van der Waals surface area contributed by atoms with Gasteiger partial charge in [0.15, 0.2) is 0 Å². The molecule has 21 heavy (non-hydrogen) atoms. The van der Waals surface area contributed by atoms with Gasteiger partial charge >= 0.3 is 0 Å². The Morgan fingerprint density at radius 1 is 1.19 bits per heavy atom. The van der Waals surface area contributed by atoms with Gasteiger partial charge in [-0.25, -0.2) is 0 Å². The Hall–Kier alpha value is -2.00. The number of nitrogens with zero attached hydrogens (tertiary/aromatic N) is 1. The molecule has 1 heterocycles. The molecule has 0 bridgehead atoms. The first-order valence-corrected chi connectivity index (χ1v) is 6.81. The number of anilines is 2.